The number of hydrogen-bond acceptors (Lipinski definition) is 3. The second-order valence-corrected chi connectivity index (χ2v) is 6.62. The number of rotatable bonds is 2. The molecule has 0 aliphatic rings. The summed E-state index contributed by atoms with van der Waals surface area (Å²) in [6.07, 6.45) is 0. The van der Waals surface area contributed by atoms with Crippen molar-refractivity contribution in [2.24, 2.45) is 0 Å². The van der Waals surface area contributed by atoms with Crippen LogP contribution in [0.2, 0.25) is 0 Å². The Morgan fingerprint density at radius 1 is 0.630 bits per heavy atom. The smallest absolute Gasteiger partial charge is 0.336 e. The molecule has 0 spiro atoms. The van der Waals surface area contributed by atoms with Gasteiger partial charge in [-0.3, -0.25) is 0 Å². The average Bonchev–Trinajstić information content (AvgIpc) is 2.65. The van der Waals surface area contributed by atoms with E-state index in [9.17, 15) is 19.8 Å². The predicted octanol–water partition coefficient (Wildman–Crippen LogP) is 4.72. The standard InChI is InChI=1S/C22H13NO4/c23-17-9-16(22(26)27)12-5-1-3-10-13-7-8-14(21(24)25)11-4-2-6-15(18(11)13)20(17)19(10)12/h1-9H,23H2,(H,24,25)(H,26,27). The second-order valence-electron chi connectivity index (χ2n) is 6.62. The Labute approximate surface area is 152 Å². The summed E-state index contributed by atoms with van der Waals surface area (Å²) in [4.78, 5) is 23.4. The number of carbonyl (C=O) groups is 2. The number of carboxylic acids is 2. The Kier molecular flexibility index (Phi) is 2.90. The van der Waals surface area contributed by atoms with Crippen molar-refractivity contribution in [3.8, 4) is 0 Å². The minimum atomic E-state index is -1.03. The molecule has 130 valence electrons. The minimum Gasteiger partial charge on any atom is -0.478 e. The lowest BCUT2D eigenvalue weighted by atomic mass is 9.86. The van der Waals surface area contributed by atoms with Crippen molar-refractivity contribution >= 4 is 60.7 Å². The first-order valence-electron chi connectivity index (χ1n) is 8.37. The number of fused-ring (bicyclic) bond motifs is 2. The van der Waals surface area contributed by atoms with Gasteiger partial charge in [-0.05, 0) is 44.5 Å². The highest BCUT2D eigenvalue weighted by Crippen LogP contribution is 2.44. The number of anilines is 1. The first kappa shape index (κ1) is 15.4. The number of nitrogens with two attached hydrogens (primary N) is 1. The zero-order valence-corrected chi connectivity index (χ0v) is 14.0. The van der Waals surface area contributed by atoms with Crippen LogP contribution in [0.1, 0.15) is 20.7 Å². The first-order valence-corrected chi connectivity index (χ1v) is 8.37. The van der Waals surface area contributed by atoms with E-state index in [-0.39, 0.29) is 11.1 Å². The van der Waals surface area contributed by atoms with Crippen molar-refractivity contribution in [1.29, 1.82) is 0 Å². The maximum absolute atomic E-state index is 11.7. The van der Waals surface area contributed by atoms with Crippen LogP contribution in [-0.2, 0) is 0 Å². The van der Waals surface area contributed by atoms with Crippen molar-refractivity contribution < 1.29 is 19.8 Å². The Morgan fingerprint density at radius 3 is 1.85 bits per heavy atom. The van der Waals surface area contributed by atoms with Crippen LogP contribution in [0.3, 0.4) is 0 Å². The van der Waals surface area contributed by atoms with Gasteiger partial charge in [-0.15, -0.1) is 0 Å². The van der Waals surface area contributed by atoms with E-state index in [4.69, 9.17) is 5.73 Å². The summed E-state index contributed by atoms with van der Waals surface area (Å²) in [6.45, 7) is 0. The third-order valence-corrected chi connectivity index (χ3v) is 5.25. The van der Waals surface area contributed by atoms with Gasteiger partial charge < -0.3 is 15.9 Å². The van der Waals surface area contributed by atoms with Crippen molar-refractivity contribution in [2.45, 2.75) is 0 Å². The molecule has 4 N–H and O–H groups in total. The zero-order valence-electron chi connectivity index (χ0n) is 14.0. The van der Waals surface area contributed by atoms with E-state index >= 15 is 0 Å². The third kappa shape index (κ3) is 1.88. The molecule has 0 amide bonds. The van der Waals surface area contributed by atoms with Gasteiger partial charge in [-0.2, -0.15) is 0 Å². The topological polar surface area (TPSA) is 101 Å². The van der Waals surface area contributed by atoms with Crippen LogP contribution < -0.4 is 5.73 Å². The number of aromatic carboxylic acids is 2. The monoisotopic (exact) mass is 355 g/mol. The highest BCUT2D eigenvalue weighted by molar-refractivity contribution is 6.37. The van der Waals surface area contributed by atoms with E-state index in [1.807, 2.05) is 18.2 Å². The summed E-state index contributed by atoms with van der Waals surface area (Å²) in [5.41, 5.74) is 7.04. The summed E-state index contributed by atoms with van der Waals surface area (Å²) in [7, 11) is 0. The van der Waals surface area contributed by atoms with Crippen molar-refractivity contribution in [3.05, 3.63) is 65.7 Å². The Bertz CT molecular complexity index is 1440. The number of nitrogen functional groups attached to an aromatic ring is 1. The fourth-order valence-electron chi connectivity index (χ4n) is 4.21. The van der Waals surface area contributed by atoms with Gasteiger partial charge in [0.05, 0.1) is 11.1 Å². The molecule has 27 heavy (non-hydrogen) atoms. The lowest BCUT2D eigenvalue weighted by Crippen LogP contribution is -2.02. The Hall–Kier alpha value is -3.86. The number of benzene rings is 5. The predicted molar refractivity (Wildman–Crippen MR) is 106 cm³/mol. The van der Waals surface area contributed by atoms with Gasteiger partial charge in [0.1, 0.15) is 0 Å². The molecule has 0 fully saturated rings. The van der Waals surface area contributed by atoms with Crippen LogP contribution in [-0.4, -0.2) is 22.2 Å². The quantitative estimate of drug-likeness (QED) is 0.242. The fourth-order valence-corrected chi connectivity index (χ4v) is 4.21. The highest BCUT2D eigenvalue weighted by Gasteiger charge is 2.20. The second kappa shape index (κ2) is 5.08. The summed E-state index contributed by atoms with van der Waals surface area (Å²) in [5, 5.41) is 25.4. The zero-order chi connectivity index (χ0) is 18.9. The lowest BCUT2D eigenvalue weighted by molar-refractivity contribution is 0.0688. The molecule has 0 unspecified atom stereocenters. The Morgan fingerprint density at radius 2 is 1.19 bits per heavy atom. The van der Waals surface area contributed by atoms with Gasteiger partial charge in [0.25, 0.3) is 0 Å². The van der Waals surface area contributed by atoms with E-state index in [1.54, 1.807) is 30.3 Å². The van der Waals surface area contributed by atoms with Crippen LogP contribution >= 0.6 is 0 Å². The largest absolute Gasteiger partial charge is 0.478 e. The maximum atomic E-state index is 11.7. The van der Waals surface area contributed by atoms with E-state index in [2.05, 4.69) is 0 Å². The molecular formula is C22H13NO4. The first-order chi connectivity index (χ1) is 13.0. The normalized spacial score (nSPS) is 11.7. The van der Waals surface area contributed by atoms with Crippen LogP contribution in [0.5, 0.6) is 0 Å². The number of carboxylic acid groups (broad SMARTS) is 2. The molecule has 5 aromatic carbocycles. The van der Waals surface area contributed by atoms with Crippen molar-refractivity contribution in [1.82, 2.24) is 0 Å². The lowest BCUT2D eigenvalue weighted by Gasteiger charge is -2.17. The molecule has 0 atom stereocenters. The molecule has 0 heterocycles. The van der Waals surface area contributed by atoms with Gasteiger partial charge in [-0.25, -0.2) is 9.59 Å². The van der Waals surface area contributed by atoms with Gasteiger partial charge in [0, 0.05) is 16.5 Å². The van der Waals surface area contributed by atoms with Crippen LogP contribution in [0.25, 0.3) is 43.1 Å². The Balaban J connectivity index is 2.18. The third-order valence-electron chi connectivity index (χ3n) is 5.25. The molecule has 5 heteroatoms. The molecular weight excluding hydrogens is 342 g/mol. The number of hydrogen-bond donors (Lipinski definition) is 3. The van der Waals surface area contributed by atoms with Crippen LogP contribution in [0.15, 0.2) is 54.6 Å². The van der Waals surface area contributed by atoms with E-state index in [0.29, 0.717) is 16.5 Å². The van der Waals surface area contributed by atoms with E-state index in [0.717, 1.165) is 32.3 Å². The average molecular weight is 355 g/mol. The molecule has 5 nitrogen and oxygen atoms in total. The summed E-state index contributed by atoms with van der Waals surface area (Å²) in [6, 6.07) is 15.9. The molecule has 0 saturated carbocycles. The van der Waals surface area contributed by atoms with Gasteiger partial charge >= 0.3 is 11.9 Å². The van der Waals surface area contributed by atoms with Gasteiger partial charge in [0.15, 0.2) is 0 Å². The molecule has 5 aromatic rings. The summed E-state index contributed by atoms with van der Waals surface area (Å²) >= 11 is 0. The molecule has 0 aromatic heterocycles. The summed E-state index contributed by atoms with van der Waals surface area (Å²) in [5.74, 6) is -2.02. The molecule has 0 aliphatic carbocycles. The van der Waals surface area contributed by atoms with Crippen LogP contribution in [0, 0.1) is 0 Å². The minimum absolute atomic E-state index is 0.158. The molecule has 0 saturated heterocycles. The molecule has 5 rings (SSSR count). The van der Waals surface area contributed by atoms with E-state index in [1.165, 1.54) is 6.07 Å². The SMILES string of the molecule is Nc1cc(C(=O)O)c2cccc3c4ccc(C(=O)O)c5cccc(c1c23)c54. The van der Waals surface area contributed by atoms with E-state index < -0.39 is 11.9 Å². The molecule has 0 bridgehead atoms. The van der Waals surface area contributed by atoms with Gasteiger partial charge in [0.2, 0.25) is 0 Å². The van der Waals surface area contributed by atoms with Gasteiger partial charge in [-0.1, -0.05) is 42.5 Å². The molecule has 0 radical (unpaired) electrons. The van der Waals surface area contributed by atoms with Crippen molar-refractivity contribution in [2.75, 3.05) is 5.73 Å². The fraction of sp³-hybridized carbons (Fsp3) is 0. The maximum Gasteiger partial charge on any atom is 0.336 e. The van der Waals surface area contributed by atoms with Crippen molar-refractivity contribution in [3.63, 3.8) is 0 Å². The van der Waals surface area contributed by atoms with Crippen LogP contribution in [0.4, 0.5) is 5.69 Å². The molecule has 0 aliphatic heterocycles. The highest BCUT2D eigenvalue weighted by atomic mass is 16.4. The summed E-state index contributed by atoms with van der Waals surface area (Å²) < 4.78 is 0.